The van der Waals surface area contributed by atoms with Crippen LogP contribution >= 0.6 is 0 Å². The highest BCUT2D eigenvalue weighted by Gasteiger charge is 2.39. The Labute approximate surface area is 188 Å². The molecule has 31 heavy (non-hydrogen) atoms. The molecule has 154 valence electrons. The van der Waals surface area contributed by atoms with E-state index in [4.69, 9.17) is 4.43 Å². The zero-order chi connectivity index (χ0) is 21.2. The van der Waals surface area contributed by atoms with E-state index < -0.39 is 15.4 Å². The van der Waals surface area contributed by atoms with Gasteiger partial charge < -0.3 is 4.43 Å². The Balaban J connectivity index is 1.69. The van der Waals surface area contributed by atoms with Crippen LogP contribution in [0.3, 0.4) is 0 Å². The van der Waals surface area contributed by atoms with Gasteiger partial charge in [-0.25, -0.2) is 0 Å². The lowest BCUT2D eigenvalue weighted by molar-refractivity contribution is 0.245. The van der Waals surface area contributed by atoms with Gasteiger partial charge in [-0.15, -0.1) is 0 Å². The molecule has 0 amide bonds. The first kappa shape index (κ1) is 19.4. The van der Waals surface area contributed by atoms with E-state index in [1.807, 2.05) is 0 Å². The van der Waals surface area contributed by atoms with E-state index in [0.717, 1.165) is 0 Å². The highest BCUT2D eigenvalue weighted by atomic mass is 29.6. The van der Waals surface area contributed by atoms with Crippen molar-refractivity contribution in [3.63, 3.8) is 0 Å². The Kier molecular flexibility index (Phi) is 4.47. The summed E-state index contributed by atoms with van der Waals surface area (Å²) < 4.78 is 6.75. The minimum Gasteiger partial charge on any atom is -0.421 e. The fourth-order valence-corrected chi connectivity index (χ4v) is 19.7. The highest BCUT2D eigenvalue weighted by Crippen LogP contribution is 2.42. The van der Waals surface area contributed by atoms with Crippen molar-refractivity contribution in [3.8, 4) is 0 Å². The SMILES string of the molecule is C[SiH]1[SiH2]OC(c2c3ccccc3cc3c2ccc2cc4ccccc4cc23)C[Si]1(C)C. The molecule has 1 aliphatic rings. The smallest absolute Gasteiger partial charge is 0.145 e. The zero-order valence-corrected chi connectivity index (χ0v) is 22.1. The topological polar surface area (TPSA) is 9.23 Å². The van der Waals surface area contributed by atoms with Crippen LogP contribution in [0.15, 0.2) is 78.9 Å². The molecule has 0 aliphatic carbocycles. The average molecular weight is 453 g/mol. The molecular weight excluding hydrogens is 425 g/mol. The van der Waals surface area contributed by atoms with Crippen molar-refractivity contribution in [1.29, 1.82) is 0 Å². The standard InChI is InChI=1S/C27H28OSi3/c1-30-29-28-26(17-31(30,2)3)27-22-11-7-6-10-20(22)16-25-23(27)13-12-21-14-18-8-4-5-9-19(18)15-24(21)25/h4-16,26,30H,17,29H2,1-3H3. The van der Waals surface area contributed by atoms with E-state index in [0.29, 0.717) is 0 Å². The zero-order valence-electron chi connectivity index (χ0n) is 18.5. The van der Waals surface area contributed by atoms with Crippen LogP contribution in [0.25, 0.3) is 43.1 Å². The number of rotatable bonds is 1. The highest BCUT2D eigenvalue weighted by molar-refractivity contribution is 7.50. The van der Waals surface area contributed by atoms with Gasteiger partial charge in [-0.05, 0) is 72.9 Å². The normalized spacial score (nSPS) is 22.0. The lowest BCUT2D eigenvalue weighted by Gasteiger charge is -2.39. The minimum absolute atomic E-state index is 0.281. The van der Waals surface area contributed by atoms with Crippen LogP contribution in [-0.4, -0.2) is 24.7 Å². The number of benzene rings is 5. The molecule has 0 aromatic heterocycles. The van der Waals surface area contributed by atoms with E-state index in [9.17, 15) is 0 Å². The van der Waals surface area contributed by atoms with E-state index >= 15 is 0 Å². The molecule has 0 saturated carbocycles. The third kappa shape index (κ3) is 3.12. The Morgan fingerprint density at radius 1 is 0.742 bits per heavy atom. The van der Waals surface area contributed by atoms with Gasteiger partial charge in [0.1, 0.15) is 9.28 Å². The lowest BCUT2D eigenvalue weighted by atomic mass is 9.90. The second-order valence-electron chi connectivity index (χ2n) is 10.0. The Hall–Kier alpha value is -2.25. The Morgan fingerprint density at radius 3 is 2.16 bits per heavy atom. The minimum atomic E-state index is -1.13. The maximum Gasteiger partial charge on any atom is 0.145 e. The second-order valence-corrected chi connectivity index (χ2v) is 31.6. The largest absolute Gasteiger partial charge is 0.421 e. The van der Waals surface area contributed by atoms with Gasteiger partial charge in [-0.1, -0.05) is 80.3 Å². The molecule has 5 aromatic rings. The fourth-order valence-electron chi connectivity index (χ4n) is 5.35. The van der Waals surface area contributed by atoms with Gasteiger partial charge in [-0.2, -0.15) is 0 Å². The maximum atomic E-state index is 6.75. The monoisotopic (exact) mass is 452 g/mol. The van der Waals surface area contributed by atoms with Gasteiger partial charge in [0.2, 0.25) is 0 Å². The van der Waals surface area contributed by atoms with Crippen molar-refractivity contribution in [2.75, 3.05) is 0 Å². The van der Waals surface area contributed by atoms with Crippen LogP contribution in [0.2, 0.25) is 25.7 Å². The molecule has 0 bridgehead atoms. The van der Waals surface area contributed by atoms with Gasteiger partial charge in [0, 0.05) is 15.4 Å². The van der Waals surface area contributed by atoms with E-state index in [-0.39, 0.29) is 15.4 Å². The molecule has 2 atom stereocenters. The van der Waals surface area contributed by atoms with Crippen LogP contribution in [0, 0.1) is 0 Å². The fraction of sp³-hybridized carbons (Fsp3) is 0.185. The predicted octanol–water partition coefficient (Wildman–Crippen LogP) is 6.59. The predicted molar refractivity (Wildman–Crippen MR) is 144 cm³/mol. The molecule has 0 N–H and O–H groups in total. The van der Waals surface area contributed by atoms with Gasteiger partial charge in [-0.3, -0.25) is 0 Å². The Morgan fingerprint density at radius 2 is 1.39 bits per heavy atom. The van der Waals surface area contributed by atoms with Crippen molar-refractivity contribution in [1.82, 2.24) is 0 Å². The summed E-state index contributed by atoms with van der Waals surface area (Å²) in [5.74, 6) is 0. The van der Waals surface area contributed by atoms with Crippen molar-refractivity contribution in [2.24, 2.45) is 0 Å². The van der Waals surface area contributed by atoms with Crippen molar-refractivity contribution in [2.45, 2.75) is 31.8 Å². The summed E-state index contributed by atoms with van der Waals surface area (Å²) in [6.07, 6.45) is 0.281. The summed E-state index contributed by atoms with van der Waals surface area (Å²) in [4.78, 5) is 0. The molecule has 6 rings (SSSR count). The van der Waals surface area contributed by atoms with Crippen LogP contribution in [0.1, 0.15) is 11.7 Å². The van der Waals surface area contributed by atoms with Crippen LogP contribution in [-0.2, 0) is 4.43 Å². The van der Waals surface area contributed by atoms with Crippen LogP contribution in [0.4, 0.5) is 0 Å². The summed E-state index contributed by atoms with van der Waals surface area (Å²) in [6, 6.07) is 30.7. The molecule has 4 heteroatoms. The van der Waals surface area contributed by atoms with Crippen molar-refractivity contribution >= 4 is 67.8 Å². The Bertz CT molecular complexity index is 1470. The van der Waals surface area contributed by atoms with E-state index in [1.54, 1.807) is 0 Å². The molecule has 1 fully saturated rings. The number of hydrogen-bond donors (Lipinski definition) is 0. The first-order valence-electron chi connectivity index (χ1n) is 11.4. The molecular formula is C27H28OSi3. The second kappa shape index (κ2) is 7.14. The quantitative estimate of drug-likeness (QED) is 0.158. The molecule has 1 heterocycles. The molecule has 1 aliphatic heterocycles. The van der Waals surface area contributed by atoms with Crippen molar-refractivity contribution < 1.29 is 4.43 Å². The molecule has 2 unspecified atom stereocenters. The summed E-state index contributed by atoms with van der Waals surface area (Å²) in [6.45, 7) is 7.83. The van der Waals surface area contributed by atoms with Crippen LogP contribution < -0.4 is 0 Å². The lowest BCUT2D eigenvalue weighted by Crippen LogP contribution is -2.53. The first-order valence-corrected chi connectivity index (χ1v) is 21.4. The number of hydrogen-bond acceptors (Lipinski definition) is 1. The number of fused-ring (bicyclic) bond motifs is 5. The van der Waals surface area contributed by atoms with E-state index in [2.05, 4.69) is 98.5 Å². The van der Waals surface area contributed by atoms with Gasteiger partial charge >= 0.3 is 0 Å². The summed E-state index contributed by atoms with van der Waals surface area (Å²) >= 11 is 0. The summed E-state index contributed by atoms with van der Waals surface area (Å²) in [5.41, 5.74) is 1.46. The third-order valence-electron chi connectivity index (χ3n) is 7.68. The molecule has 0 spiro atoms. The first-order chi connectivity index (χ1) is 15.0. The molecule has 1 saturated heterocycles. The van der Waals surface area contributed by atoms with E-state index in [1.165, 1.54) is 54.7 Å². The third-order valence-corrected chi connectivity index (χ3v) is 35.1. The summed E-state index contributed by atoms with van der Waals surface area (Å²) in [7, 11) is -2.10. The average Bonchev–Trinajstić information content (AvgIpc) is 2.78. The van der Waals surface area contributed by atoms with Crippen LogP contribution in [0.5, 0.6) is 0 Å². The summed E-state index contributed by atoms with van der Waals surface area (Å²) in [5, 5.41) is 10.8. The van der Waals surface area contributed by atoms with Gasteiger partial charge in [0.05, 0.1) is 6.10 Å². The molecule has 1 nitrogen and oxygen atoms in total. The van der Waals surface area contributed by atoms with Crippen molar-refractivity contribution in [3.05, 3.63) is 84.4 Å². The van der Waals surface area contributed by atoms with Gasteiger partial charge in [0.15, 0.2) is 0 Å². The maximum absolute atomic E-state index is 6.75. The van der Waals surface area contributed by atoms with Gasteiger partial charge in [0.25, 0.3) is 0 Å². The molecule has 5 aromatic carbocycles. The molecule has 0 radical (unpaired) electrons.